The molecule has 0 radical (unpaired) electrons. The molecule has 0 bridgehead atoms. The molecule has 2 unspecified atom stereocenters. The van der Waals surface area contributed by atoms with E-state index in [1.54, 1.807) is 0 Å². The highest BCUT2D eigenvalue weighted by molar-refractivity contribution is 5.55. The lowest BCUT2D eigenvalue weighted by Crippen LogP contribution is -2.22. The molecule has 1 aliphatic heterocycles. The Labute approximate surface area is 116 Å². The maximum atomic E-state index is 6.08. The number of fused-ring (bicyclic) bond motifs is 1. The lowest BCUT2D eigenvalue weighted by Gasteiger charge is -2.25. The second-order valence-electron chi connectivity index (χ2n) is 6.80. The summed E-state index contributed by atoms with van der Waals surface area (Å²) in [6.45, 7) is 6.69. The maximum Gasteiger partial charge on any atom is 0.119 e. The molecule has 1 aromatic carbocycles. The van der Waals surface area contributed by atoms with E-state index in [1.165, 1.54) is 43.4 Å². The fraction of sp³-hybridized carbons (Fsp3) is 0.647. The highest BCUT2D eigenvalue weighted by atomic mass is 16.5. The van der Waals surface area contributed by atoms with E-state index in [0.717, 1.165) is 24.8 Å². The Morgan fingerprint density at radius 3 is 3.11 bits per heavy atom. The molecule has 0 amide bonds. The predicted molar refractivity (Wildman–Crippen MR) is 79.9 cm³/mol. The third-order valence-electron chi connectivity index (χ3n) is 4.68. The molecule has 1 fully saturated rings. The van der Waals surface area contributed by atoms with E-state index < -0.39 is 0 Å². The van der Waals surface area contributed by atoms with Crippen molar-refractivity contribution in [3.8, 4) is 5.75 Å². The Kier molecular flexibility index (Phi) is 3.42. The number of hydrogen-bond donors (Lipinski definition) is 1. The van der Waals surface area contributed by atoms with Crippen LogP contribution in [0.3, 0.4) is 0 Å². The molecule has 2 nitrogen and oxygen atoms in total. The van der Waals surface area contributed by atoms with Gasteiger partial charge < -0.3 is 10.1 Å². The summed E-state index contributed by atoms with van der Waals surface area (Å²) in [7, 11) is 0. The van der Waals surface area contributed by atoms with Gasteiger partial charge in [-0.1, -0.05) is 20.3 Å². The third kappa shape index (κ3) is 2.88. The van der Waals surface area contributed by atoms with E-state index in [1.807, 2.05) is 0 Å². The largest absolute Gasteiger partial charge is 0.493 e. The summed E-state index contributed by atoms with van der Waals surface area (Å²) in [6.07, 6.45) is 6.37. The van der Waals surface area contributed by atoms with Crippen molar-refractivity contribution in [1.82, 2.24) is 0 Å². The smallest absolute Gasteiger partial charge is 0.119 e. The van der Waals surface area contributed by atoms with Crippen molar-refractivity contribution in [3.63, 3.8) is 0 Å². The van der Waals surface area contributed by atoms with Crippen LogP contribution in [0.1, 0.15) is 45.1 Å². The van der Waals surface area contributed by atoms with Crippen molar-refractivity contribution in [1.29, 1.82) is 0 Å². The molecule has 3 rings (SSSR count). The van der Waals surface area contributed by atoms with Gasteiger partial charge in [-0.3, -0.25) is 0 Å². The Balaban J connectivity index is 1.64. The zero-order valence-corrected chi connectivity index (χ0v) is 12.2. The van der Waals surface area contributed by atoms with Gasteiger partial charge in [0.25, 0.3) is 0 Å². The maximum absolute atomic E-state index is 6.08. The summed E-state index contributed by atoms with van der Waals surface area (Å²) in [5, 5.41) is 3.44. The average molecular weight is 259 g/mol. The van der Waals surface area contributed by atoms with Gasteiger partial charge in [0, 0.05) is 17.6 Å². The number of nitrogens with one attached hydrogen (secondary N) is 1. The van der Waals surface area contributed by atoms with Crippen LogP contribution >= 0.6 is 0 Å². The van der Waals surface area contributed by atoms with Crippen molar-refractivity contribution >= 4 is 5.69 Å². The summed E-state index contributed by atoms with van der Waals surface area (Å²) >= 11 is 0. The van der Waals surface area contributed by atoms with Crippen LogP contribution < -0.4 is 10.1 Å². The van der Waals surface area contributed by atoms with Gasteiger partial charge in [-0.2, -0.15) is 0 Å². The Bertz CT molecular complexity index is 457. The van der Waals surface area contributed by atoms with Crippen molar-refractivity contribution in [2.24, 2.45) is 11.3 Å². The predicted octanol–water partition coefficient (Wildman–Crippen LogP) is 4.25. The fourth-order valence-corrected chi connectivity index (χ4v) is 3.57. The number of rotatable bonds is 3. The molecule has 1 N–H and O–H groups in total. The zero-order valence-electron chi connectivity index (χ0n) is 12.2. The number of benzene rings is 1. The van der Waals surface area contributed by atoms with Gasteiger partial charge in [0.15, 0.2) is 0 Å². The molecule has 1 aliphatic carbocycles. The molecule has 104 valence electrons. The summed E-state index contributed by atoms with van der Waals surface area (Å²) in [4.78, 5) is 0. The van der Waals surface area contributed by atoms with Crippen LogP contribution in [-0.2, 0) is 6.42 Å². The molecule has 1 saturated carbocycles. The van der Waals surface area contributed by atoms with E-state index in [4.69, 9.17) is 4.74 Å². The summed E-state index contributed by atoms with van der Waals surface area (Å²) in [6, 6.07) is 6.51. The van der Waals surface area contributed by atoms with Crippen LogP contribution in [0.2, 0.25) is 0 Å². The number of ether oxygens (including phenoxy) is 1. The standard InChI is InChI=1S/C17H25NO/c1-13-7-8-17(2,11-13)12-19-15-5-6-16-14(10-15)4-3-9-18-16/h5-6,10,13,18H,3-4,7-9,11-12H2,1-2H3. The summed E-state index contributed by atoms with van der Waals surface area (Å²) in [5.74, 6) is 1.91. The zero-order chi connectivity index (χ0) is 13.3. The van der Waals surface area contributed by atoms with Crippen molar-refractivity contribution in [2.45, 2.75) is 46.0 Å². The van der Waals surface area contributed by atoms with E-state index in [9.17, 15) is 0 Å². The van der Waals surface area contributed by atoms with E-state index in [-0.39, 0.29) is 0 Å². The number of hydrogen-bond acceptors (Lipinski definition) is 2. The quantitative estimate of drug-likeness (QED) is 0.876. The molecule has 1 heterocycles. The number of anilines is 1. The molecule has 2 aliphatic rings. The van der Waals surface area contributed by atoms with Crippen molar-refractivity contribution < 1.29 is 4.74 Å². The average Bonchev–Trinajstić information content (AvgIpc) is 2.77. The first kappa shape index (κ1) is 12.8. The molecule has 0 spiro atoms. The summed E-state index contributed by atoms with van der Waals surface area (Å²) < 4.78 is 6.08. The first-order valence-electron chi connectivity index (χ1n) is 7.64. The van der Waals surface area contributed by atoms with Gasteiger partial charge in [0.05, 0.1) is 6.61 Å². The Hall–Kier alpha value is -1.18. The van der Waals surface area contributed by atoms with Crippen molar-refractivity contribution in [3.05, 3.63) is 23.8 Å². The third-order valence-corrected chi connectivity index (χ3v) is 4.68. The highest BCUT2D eigenvalue weighted by Crippen LogP contribution is 2.41. The SMILES string of the molecule is CC1CCC(C)(COc2ccc3c(c2)CCCN3)C1. The molecule has 1 aromatic rings. The van der Waals surface area contributed by atoms with Gasteiger partial charge in [-0.15, -0.1) is 0 Å². The summed E-state index contributed by atoms with van der Waals surface area (Å²) in [5.41, 5.74) is 3.08. The second-order valence-corrected chi connectivity index (χ2v) is 6.80. The topological polar surface area (TPSA) is 21.3 Å². The van der Waals surface area contributed by atoms with Crippen LogP contribution in [0.15, 0.2) is 18.2 Å². The van der Waals surface area contributed by atoms with Crippen LogP contribution in [0.4, 0.5) is 5.69 Å². The minimum atomic E-state index is 0.383. The van der Waals surface area contributed by atoms with E-state index >= 15 is 0 Å². The number of aryl methyl sites for hydroxylation is 1. The monoisotopic (exact) mass is 259 g/mol. The lowest BCUT2D eigenvalue weighted by atomic mass is 9.89. The van der Waals surface area contributed by atoms with Crippen LogP contribution in [0.25, 0.3) is 0 Å². The van der Waals surface area contributed by atoms with Crippen molar-refractivity contribution in [2.75, 3.05) is 18.5 Å². The normalized spacial score (nSPS) is 29.7. The molecule has 2 heteroatoms. The molecule has 2 atom stereocenters. The van der Waals surface area contributed by atoms with Crippen LogP contribution in [-0.4, -0.2) is 13.2 Å². The minimum Gasteiger partial charge on any atom is -0.493 e. The Morgan fingerprint density at radius 2 is 2.32 bits per heavy atom. The molecule has 19 heavy (non-hydrogen) atoms. The molecule has 0 saturated heterocycles. The van der Waals surface area contributed by atoms with Crippen LogP contribution in [0, 0.1) is 11.3 Å². The second kappa shape index (κ2) is 5.07. The molecular formula is C17H25NO. The first-order chi connectivity index (χ1) is 9.15. The van der Waals surface area contributed by atoms with Crippen LogP contribution in [0.5, 0.6) is 5.75 Å². The van der Waals surface area contributed by atoms with Gasteiger partial charge in [-0.25, -0.2) is 0 Å². The minimum absolute atomic E-state index is 0.383. The molecular weight excluding hydrogens is 234 g/mol. The van der Waals surface area contributed by atoms with Gasteiger partial charge >= 0.3 is 0 Å². The first-order valence-corrected chi connectivity index (χ1v) is 7.64. The van der Waals surface area contributed by atoms with Gasteiger partial charge in [-0.05, 0) is 55.4 Å². The van der Waals surface area contributed by atoms with E-state index in [0.29, 0.717) is 5.41 Å². The highest BCUT2D eigenvalue weighted by Gasteiger charge is 2.33. The fourth-order valence-electron chi connectivity index (χ4n) is 3.57. The Morgan fingerprint density at radius 1 is 1.42 bits per heavy atom. The lowest BCUT2D eigenvalue weighted by molar-refractivity contribution is 0.164. The molecule has 0 aromatic heterocycles. The van der Waals surface area contributed by atoms with E-state index in [2.05, 4.69) is 37.4 Å². The van der Waals surface area contributed by atoms with Gasteiger partial charge in [0.2, 0.25) is 0 Å². The van der Waals surface area contributed by atoms with Gasteiger partial charge in [0.1, 0.15) is 5.75 Å².